The third-order valence-electron chi connectivity index (χ3n) is 5.21. The van der Waals surface area contributed by atoms with E-state index in [1.54, 1.807) is 18.2 Å². The highest BCUT2D eigenvalue weighted by Crippen LogP contribution is 2.39. The first-order chi connectivity index (χ1) is 17.9. The van der Waals surface area contributed by atoms with Crippen LogP contribution in [0.2, 0.25) is 0 Å². The van der Waals surface area contributed by atoms with Gasteiger partial charge in [0.25, 0.3) is 0 Å². The van der Waals surface area contributed by atoms with Gasteiger partial charge in [0.15, 0.2) is 6.61 Å². The molecule has 0 saturated heterocycles. The predicted molar refractivity (Wildman–Crippen MR) is 143 cm³/mol. The maximum Gasteiger partial charge on any atom is 0.393 e. The molecule has 0 bridgehead atoms. The van der Waals surface area contributed by atoms with Crippen molar-refractivity contribution >= 4 is 42.8 Å². The third kappa shape index (κ3) is 8.00. The first-order valence-corrected chi connectivity index (χ1v) is 13.6. The minimum absolute atomic E-state index is 0.0191. The summed E-state index contributed by atoms with van der Waals surface area (Å²) in [4.78, 5) is 2.12. The number of nitriles is 1. The van der Waals surface area contributed by atoms with Gasteiger partial charge in [0.2, 0.25) is 10.0 Å². The van der Waals surface area contributed by atoms with E-state index in [-0.39, 0.29) is 29.4 Å². The van der Waals surface area contributed by atoms with E-state index in [4.69, 9.17) is 15.1 Å². The fourth-order valence-electron chi connectivity index (χ4n) is 3.52. The lowest BCUT2D eigenvalue weighted by atomic mass is 10.1. The number of fused-ring (bicyclic) bond motifs is 1. The Bertz CT molecular complexity index is 1500. The number of halogens is 3. The Balaban J connectivity index is 1.89. The molecule has 1 heterocycles. The van der Waals surface area contributed by atoms with Crippen molar-refractivity contribution in [3.8, 4) is 23.7 Å². The summed E-state index contributed by atoms with van der Waals surface area (Å²) >= 11 is 1.20. The smallest absolute Gasteiger partial charge is 0.393 e. The molecule has 0 atom stereocenters. The Kier molecular flexibility index (Phi) is 9.46. The van der Waals surface area contributed by atoms with E-state index >= 15 is 0 Å². The molecule has 0 aliphatic heterocycles. The van der Waals surface area contributed by atoms with Gasteiger partial charge >= 0.3 is 6.18 Å². The van der Waals surface area contributed by atoms with Gasteiger partial charge in [0, 0.05) is 19.2 Å². The molecule has 3 aromatic rings. The van der Waals surface area contributed by atoms with E-state index in [1.807, 2.05) is 25.1 Å². The largest absolute Gasteiger partial charge is 0.477 e. The second kappa shape index (κ2) is 12.4. The molecule has 3 rings (SSSR count). The topological polar surface area (TPSA) is 120 Å². The molecule has 8 nitrogen and oxygen atoms in total. The molecule has 13 heteroatoms. The van der Waals surface area contributed by atoms with Crippen molar-refractivity contribution in [2.45, 2.75) is 17.5 Å². The summed E-state index contributed by atoms with van der Waals surface area (Å²) in [7, 11) is -0.123. The molecule has 38 heavy (non-hydrogen) atoms. The number of nitrogens with two attached hydrogens (primary N) is 1. The second-order valence-corrected chi connectivity index (χ2v) is 11.0. The Morgan fingerprint density at radius 2 is 1.92 bits per heavy atom. The minimum Gasteiger partial charge on any atom is -0.477 e. The van der Waals surface area contributed by atoms with Crippen molar-refractivity contribution in [3.63, 3.8) is 0 Å². The molecule has 0 amide bonds. The summed E-state index contributed by atoms with van der Waals surface area (Å²) in [5.41, 5.74) is 1.22. The van der Waals surface area contributed by atoms with Crippen LogP contribution >= 0.6 is 11.3 Å². The summed E-state index contributed by atoms with van der Waals surface area (Å²) in [5.74, 6) is 5.77. The molecule has 0 fully saturated rings. The summed E-state index contributed by atoms with van der Waals surface area (Å²) in [6.07, 6.45) is -5.51. The van der Waals surface area contributed by atoms with E-state index in [1.165, 1.54) is 29.5 Å². The van der Waals surface area contributed by atoms with Gasteiger partial charge in [0.1, 0.15) is 11.8 Å². The number of sulfonamides is 1. The van der Waals surface area contributed by atoms with Crippen LogP contribution in [-0.4, -0.2) is 59.8 Å². The number of primary sulfonamides is 1. The number of hydrogen-bond donors (Lipinski definition) is 3. The molecular formula is C25H26F3N5O3S2. The number of likely N-dealkylation sites (N-methyl/N-ethyl adjacent to an activating group) is 1. The van der Waals surface area contributed by atoms with E-state index in [0.717, 1.165) is 12.2 Å². The Morgan fingerprint density at radius 1 is 1.16 bits per heavy atom. The Labute approximate surface area is 223 Å². The number of hydrogen-bond acceptors (Lipinski definition) is 8. The van der Waals surface area contributed by atoms with Crippen molar-refractivity contribution in [2.75, 3.05) is 51.0 Å². The van der Waals surface area contributed by atoms with Crippen molar-refractivity contribution < 1.29 is 26.3 Å². The number of ether oxygens (including phenoxy) is 1. The van der Waals surface area contributed by atoms with Crippen LogP contribution in [0.3, 0.4) is 0 Å². The number of thiophene rings is 1. The molecule has 1 aromatic heterocycles. The van der Waals surface area contributed by atoms with Gasteiger partial charge in [-0.15, -0.1) is 11.3 Å². The lowest BCUT2D eigenvalue weighted by Gasteiger charge is -2.12. The molecule has 0 spiro atoms. The first-order valence-electron chi connectivity index (χ1n) is 11.3. The van der Waals surface area contributed by atoms with Gasteiger partial charge in [-0.1, -0.05) is 24.0 Å². The normalized spacial score (nSPS) is 11.6. The highest BCUT2D eigenvalue weighted by atomic mass is 32.2. The van der Waals surface area contributed by atoms with Crippen LogP contribution in [0.25, 0.3) is 10.1 Å². The molecule has 0 unspecified atom stereocenters. The van der Waals surface area contributed by atoms with Crippen LogP contribution in [0.1, 0.15) is 10.4 Å². The van der Waals surface area contributed by atoms with Gasteiger partial charge in [0.05, 0.1) is 38.8 Å². The van der Waals surface area contributed by atoms with Crippen LogP contribution < -0.4 is 20.5 Å². The summed E-state index contributed by atoms with van der Waals surface area (Å²) < 4.78 is 69.5. The monoisotopic (exact) mass is 565 g/mol. The number of nitrogens with zero attached hydrogens (tertiary/aromatic N) is 2. The lowest BCUT2D eigenvalue weighted by Crippen LogP contribution is -2.20. The standard InChI is InChI=1S/C25H26F3N5O3S2/c1-33(2)13-12-32-21-6-3-5-18-19(16-25(26,27)28)23(37-24(18)21)7-4-11-31-20-9-8-17(38(30,34)35)15-22(20)36-14-10-29/h3,5-6,8-9,15,31-32H,11-14,16H2,1-2H3,(H2,30,34,35). The van der Waals surface area contributed by atoms with Gasteiger partial charge < -0.3 is 20.3 Å². The maximum atomic E-state index is 13.4. The van der Waals surface area contributed by atoms with Crippen LogP contribution in [0.5, 0.6) is 5.75 Å². The van der Waals surface area contributed by atoms with Crippen molar-refractivity contribution in [3.05, 3.63) is 46.8 Å². The number of benzene rings is 2. The average molecular weight is 566 g/mol. The SMILES string of the molecule is CN(C)CCNc1cccc2c(CC(F)(F)F)c(C#CCNc3ccc(S(N)(=O)=O)cc3OCC#N)sc12. The molecule has 0 aliphatic rings. The number of anilines is 2. The Hall–Kier alpha value is -3.49. The zero-order chi connectivity index (χ0) is 27.9. The average Bonchev–Trinajstić information content (AvgIpc) is 3.16. The van der Waals surface area contributed by atoms with Crippen molar-refractivity contribution in [1.29, 1.82) is 5.26 Å². The summed E-state index contributed by atoms with van der Waals surface area (Å²) in [6.45, 7) is 1.07. The Morgan fingerprint density at radius 3 is 2.58 bits per heavy atom. The molecule has 202 valence electrons. The van der Waals surface area contributed by atoms with Crippen molar-refractivity contribution in [2.24, 2.45) is 5.14 Å². The van der Waals surface area contributed by atoms with Crippen LogP contribution in [0, 0.1) is 23.2 Å². The van der Waals surface area contributed by atoms with Crippen LogP contribution in [0.4, 0.5) is 24.5 Å². The molecule has 0 radical (unpaired) electrons. The highest BCUT2D eigenvalue weighted by Gasteiger charge is 2.31. The predicted octanol–water partition coefficient (Wildman–Crippen LogP) is 3.99. The zero-order valence-electron chi connectivity index (χ0n) is 20.6. The van der Waals surface area contributed by atoms with Gasteiger partial charge in [-0.2, -0.15) is 18.4 Å². The number of alkyl halides is 3. The highest BCUT2D eigenvalue weighted by molar-refractivity contribution is 7.89. The van der Waals surface area contributed by atoms with E-state index in [2.05, 4.69) is 22.5 Å². The molecule has 2 aromatic carbocycles. The third-order valence-corrected chi connectivity index (χ3v) is 7.32. The lowest BCUT2D eigenvalue weighted by molar-refractivity contribution is -0.126. The van der Waals surface area contributed by atoms with Gasteiger partial charge in [-0.3, -0.25) is 0 Å². The van der Waals surface area contributed by atoms with Gasteiger partial charge in [-0.25, -0.2) is 13.6 Å². The van der Waals surface area contributed by atoms with E-state index in [9.17, 15) is 21.6 Å². The second-order valence-electron chi connectivity index (χ2n) is 8.42. The van der Waals surface area contributed by atoms with E-state index in [0.29, 0.717) is 27.2 Å². The van der Waals surface area contributed by atoms with E-state index < -0.39 is 22.6 Å². The molecule has 0 saturated carbocycles. The fraction of sp³-hybridized carbons (Fsp3) is 0.320. The number of nitrogens with one attached hydrogen (secondary N) is 2. The maximum absolute atomic E-state index is 13.4. The quantitative estimate of drug-likeness (QED) is 0.318. The zero-order valence-corrected chi connectivity index (χ0v) is 22.3. The first kappa shape index (κ1) is 29.1. The fourth-order valence-corrected chi connectivity index (χ4v) is 5.23. The van der Waals surface area contributed by atoms with Gasteiger partial charge in [-0.05, 0) is 43.2 Å². The van der Waals surface area contributed by atoms with Crippen LogP contribution in [0.15, 0.2) is 41.3 Å². The minimum atomic E-state index is -4.41. The molecular weight excluding hydrogens is 539 g/mol. The number of rotatable bonds is 10. The summed E-state index contributed by atoms with van der Waals surface area (Å²) in [5, 5.41) is 20.7. The molecule has 0 aliphatic carbocycles. The molecule has 4 N–H and O–H groups in total. The summed E-state index contributed by atoms with van der Waals surface area (Å²) in [6, 6.07) is 10.9. The van der Waals surface area contributed by atoms with Crippen molar-refractivity contribution in [1.82, 2.24) is 4.90 Å². The van der Waals surface area contributed by atoms with Crippen LogP contribution in [-0.2, 0) is 16.4 Å².